The van der Waals surface area contributed by atoms with Crippen molar-refractivity contribution in [1.82, 2.24) is 5.32 Å². The van der Waals surface area contributed by atoms with Crippen LogP contribution in [0.3, 0.4) is 0 Å². The maximum Gasteiger partial charge on any atom is 0.138 e. The Labute approximate surface area is 133 Å². The van der Waals surface area contributed by atoms with Crippen LogP contribution in [-0.2, 0) is 6.42 Å². The Hall–Kier alpha value is -1.29. The summed E-state index contributed by atoms with van der Waals surface area (Å²) in [5, 5.41) is 4.24. The first-order valence-corrected chi connectivity index (χ1v) is 7.25. The first-order chi connectivity index (χ1) is 10.0. The van der Waals surface area contributed by atoms with E-state index in [4.69, 9.17) is 27.9 Å². The van der Waals surface area contributed by atoms with Gasteiger partial charge in [0.05, 0.1) is 12.1 Å². The SMILES string of the molecule is CNC(Cc1cccc(F)c1)c1cc(Cl)c(OC)cc1Cl. The fraction of sp³-hybridized carbons (Fsp3) is 0.250. The van der Waals surface area contributed by atoms with Crippen LogP contribution in [0.1, 0.15) is 17.2 Å². The zero-order valence-corrected chi connectivity index (χ0v) is 13.3. The largest absolute Gasteiger partial charge is 0.495 e. The molecule has 2 aromatic rings. The summed E-state index contributed by atoms with van der Waals surface area (Å²) in [6, 6.07) is 9.92. The second kappa shape index (κ2) is 7.12. The number of rotatable bonds is 5. The third-order valence-corrected chi connectivity index (χ3v) is 3.95. The predicted octanol–water partition coefficient (Wildman–Crippen LogP) is 4.64. The van der Waals surface area contributed by atoms with Crippen molar-refractivity contribution in [3.8, 4) is 5.75 Å². The highest BCUT2D eigenvalue weighted by molar-refractivity contribution is 6.34. The highest BCUT2D eigenvalue weighted by Crippen LogP contribution is 2.35. The summed E-state index contributed by atoms with van der Waals surface area (Å²) in [6.07, 6.45) is 0.608. The van der Waals surface area contributed by atoms with Crippen LogP contribution in [0.15, 0.2) is 36.4 Å². The molecule has 0 saturated carbocycles. The first-order valence-electron chi connectivity index (χ1n) is 6.49. The Kier molecular flexibility index (Phi) is 5.45. The third kappa shape index (κ3) is 3.88. The summed E-state index contributed by atoms with van der Waals surface area (Å²) in [7, 11) is 3.37. The van der Waals surface area contributed by atoms with Gasteiger partial charge in [0.2, 0.25) is 0 Å². The van der Waals surface area contributed by atoms with Gasteiger partial charge in [0, 0.05) is 17.1 Å². The summed E-state index contributed by atoms with van der Waals surface area (Å²) in [4.78, 5) is 0. The molecule has 0 bridgehead atoms. The van der Waals surface area contributed by atoms with Crippen LogP contribution in [0.25, 0.3) is 0 Å². The van der Waals surface area contributed by atoms with E-state index in [-0.39, 0.29) is 11.9 Å². The molecule has 0 aliphatic carbocycles. The maximum atomic E-state index is 13.3. The summed E-state index contributed by atoms with van der Waals surface area (Å²) in [6.45, 7) is 0. The molecule has 0 spiro atoms. The van der Waals surface area contributed by atoms with Crippen molar-refractivity contribution in [3.63, 3.8) is 0 Å². The highest BCUT2D eigenvalue weighted by Gasteiger charge is 2.17. The van der Waals surface area contributed by atoms with Crippen LogP contribution in [0.2, 0.25) is 10.0 Å². The van der Waals surface area contributed by atoms with Gasteiger partial charge >= 0.3 is 0 Å². The molecule has 21 heavy (non-hydrogen) atoms. The van der Waals surface area contributed by atoms with Gasteiger partial charge in [-0.15, -0.1) is 0 Å². The van der Waals surface area contributed by atoms with Crippen molar-refractivity contribution in [2.45, 2.75) is 12.5 Å². The molecule has 0 aliphatic rings. The molecule has 2 rings (SSSR count). The Morgan fingerprint density at radius 3 is 2.57 bits per heavy atom. The number of halogens is 3. The molecule has 0 amide bonds. The van der Waals surface area contributed by atoms with Gasteiger partial charge in [0.25, 0.3) is 0 Å². The van der Waals surface area contributed by atoms with E-state index < -0.39 is 0 Å². The lowest BCUT2D eigenvalue weighted by atomic mass is 9.98. The minimum absolute atomic E-state index is 0.0669. The average molecular weight is 328 g/mol. The Morgan fingerprint density at radius 2 is 1.95 bits per heavy atom. The summed E-state index contributed by atoms with van der Waals surface area (Å²) in [5.74, 6) is 0.284. The second-order valence-electron chi connectivity index (χ2n) is 4.68. The molecule has 1 atom stereocenters. The first kappa shape index (κ1) is 16.1. The standard InChI is InChI=1S/C16H16Cl2FNO/c1-20-15(7-10-4-3-5-11(19)6-10)12-8-14(18)16(21-2)9-13(12)17/h3-6,8-9,15,20H,7H2,1-2H3. The van der Waals surface area contributed by atoms with Gasteiger partial charge in [-0.1, -0.05) is 35.3 Å². The Bertz CT molecular complexity index is 634. The normalized spacial score (nSPS) is 12.2. The number of nitrogens with one attached hydrogen (secondary N) is 1. The van der Waals surface area contributed by atoms with Crippen LogP contribution in [0, 0.1) is 5.82 Å². The smallest absolute Gasteiger partial charge is 0.138 e. The number of methoxy groups -OCH3 is 1. The zero-order chi connectivity index (χ0) is 15.4. The van der Waals surface area contributed by atoms with Gasteiger partial charge in [-0.05, 0) is 42.8 Å². The summed E-state index contributed by atoms with van der Waals surface area (Å²) >= 11 is 12.5. The van der Waals surface area contributed by atoms with Gasteiger partial charge in [0.15, 0.2) is 0 Å². The van der Waals surface area contributed by atoms with E-state index in [0.717, 1.165) is 11.1 Å². The fourth-order valence-corrected chi connectivity index (χ4v) is 2.77. The molecule has 0 aromatic heterocycles. The van der Waals surface area contributed by atoms with E-state index in [1.54, 1.807) is 25.3 Å². The lowest BCUT2D eigenvalue weighted by molar-refractivity contribution is 0.414. The van der Waals surface area contributed by atoms with Gasteiger partial charge in [0.1, 0.15) is 11.6 Å². The quantitative estimate of drug-likeness (QED) is 0.863. The van der Waals surface area contributed by atoms with Gasteiger partial charge in [-0.25, -0.2) is 4.39 Å². The van der Waals surface area contributed by atoms with Crippen molar-refractivity contribution >= 4 is 23.2 Å². The van der Waals surface area contributed by atoms with E-state index in [2.05, 4.69) is 5.32 Å². The second-order valence-corrected chi connectivity index (χ2v) is 5.50. The summed E-state index contributed by atoms with van der Waals surface area (Å²) < 4.78 is 18.4. The molecule has 5 heteroatoms. The van der Waals surface area contributed by atoms with Crippen molar-refractivity contribution in [3.05, 3.63) is 63.4 Å². The molecule has 0 radical (unpaired) electrons. The van der Waals surface area contributed by atoms with E-state index in [0.29, 0.717) is 22.2 Å². The Balaban J connectivity index is 2.31. The van der Waals surface area contributed by atoms with E-state index >= 15 is 0 Å². The molecule has 0 heterocycles. The number of hydrogen-bond donors (Lipinski definition) is 1. The minimum atomic E-state index is -0.249. The summed E-state index contributed by atoms with van der Waals surface area (Å²) in [5.41, 5.74) is 1.74. The van der Waals surface area contributed by atoms with Crippen molar-refractivity contribution in [1.29, 1.82) is 0 Å². The zero-order valence-electron chi connectivity index (χ0n) is 11.8. The minimum Gasteiger partial charge on any atom is -0.495 e. The lowest BCUT2D eigenvalue weighted by Gasteiger charge is -2.19. The highest BCUT2D eigenvalue weighted by atomic mass is 35.5. The molecular formula is C16H16Cl2FNO. The van der Waals surface area contributed by atoms with Crippen LogP contribution in [-0.4, -0.2) is 14.2 Å². The lowest BCUT2D eigenvalue weighted by Crippen LogP contribution is -2.19. The van der Waals surface area contributed by atoms with Crippen LogP contribution < -0.4 is 10.1 Å². The molecule has 112 valence electrons. The number of ether oxygens (including phenoxy) is 1. The van der Waals surface area contributed by atoms with Crippen molar-refractivity contribution in [2.75, 3.05) is 14.2 Å². The monoisotopic (exact) mass is 327 g/mol. The van der Waals surface area contributed by atoms with Crippen LogP contribution in [0.5, 0.6) is 5.75 Å². The van der Waals surface area contributed by atoms with Crippen LogP contribution >= 0.6 is 23.2 Å². The Morgan fingerprint density at radius 1 is 1.19 bits per heavy atom. The van der Waals surface area contributed by atoms with Crippen LogP contribution in [0.4, 0.5) is 4.39 Å². The molecule has 2 aromatic carbocycles. The van der Waals surface area contributed by atoms with Gasteiger partial charge in [-0.3, -0.25) is 0 Å². The number of likely N-dealkylation sites (N-methyl/N-ethyl adjacent to an activating group) is 1. The molecule has 1 N–H and O–H groups in total. The van der Waals surface area contributed by atoms with E-state index in [1.807, 2.05) is 13.1 Å². The van der Waals surface area contributed by atoms with E-state index in [1.165, 1.54) is 12.1 Å². The maximum absolute atomic E-state index is 13.3. The van der Waals surface area contributed by atoms with E-state index in [9.17, 15) is 4.39 Å². The molecular weight excluding hydrogens is 312 g/mol. The fourth-order valence-electron chi connectivity index (χ4n) is 2.23. The molecule has 1 unspecified atom stereocenters. The van der Waals surface area contributed by atoms with Crippen molar-refractivity contribution in [2.24, 2.45) is 0 Å². The molecule has 0 fully saturated rings. The van der Waals surface area contributed by atoms with Crippen molar-refractivity contribution < 1.29 is 9.13 Å². The topological polar surface area (TPSA) is 21.3 Å². The molecule has 2 nitrogen and oxygen atoms in total. The number of benzene rings is 2. The third-order valence-electron chi connectivity index (χ3n) is 3.32. The van der Waals surface area contributed by atoms with Gasteiger partial charge < -0.3 is 10.1 Å². The molecule has 0 aliphatic heterocycles. The average Bonchev–Trinajstić information content (AvgIpc) is 2.47. The molecule has 0 saturated heterocycles. The van der Waals surface area contributed by atoms with Gasteiger partial charge in [-0.2, -0.15) is 0 Å². The number of hydrogen-bond acceptors (Lipinski definition) is 2. The predicted molar refractivity (Wildman–Crippen MR) is 84.9 cm³/mol.